The molecule has 1 heterocycles. The van der Waals surface area contributed by atoms with E-state index in [0.29, 0.717) is 10.2 Å². The second-order valence-corrected chi connectivity index (χ2v) is 4.56. The van der Waals surface area contributed by atoms with Gasteiger partial charge in [-0.2, -0.15) is 0 Å². The Morgan fingerprint density at radius 2 is 1.94 bits per heavy atom. The molecule has 17 heavy (non-hydrogen) atoms. The lowest BCUT2D eigenvalue weighted by atomic mass is 10.3. The van der Waals surface area contributed by atoms with E-state index >= 15 is 0 Å². The van der Waals surface area contributed by atoms with E-state index < -0.39 is 11.6 Å². The number of nitrogens with one attached hydrogen (secondary N) is 1. The van der Waals surface area contributed by atoms with Gasteiger partial charge in [0.05, 0.1) is 5.02 Å². The first-order valence-electron chi connectivity index (χ1n) is 4.59. The molecule has 0 amide bonds. The Labute approximate surface area is 110 Å². The summed E-state index contributed by atoms with van der Waals surface area (Å²) in [6, 6.07) is 5.36. The third-order valence-corrected chi connectivity index (χ3v) is 2.73. The van der Waals surface area contributed by atoms with Crippen LogP contribution in [0.3, 0.4) is 0 Å². The highest BCUT2D eigenvalue weighted by atomic mass is 79.9. The minimum atomic E-state index is -0.575. The molecular formula is C11H6BrClF2N2. The van der Waals surface area contributed by atoms with Crippen molar-refractivity contribution in [2.45, 2.75) is 0 Å². The van der Waals surface area contributed by atoms with Crippen molar-refractivity contribution in [3.05, 3.63) is 51.6 Å². The number of aromatic nitrogens is 1. The summed E-state index contributed by atoms with van der Waals surface area (Å²) in [5.41, 5.74) is 0.376. The van der Waals surface area contributed by atoms with Gasteiger partial charge in [0, 0.05) is 16.4 Å². The minimum absolute atomic E-state index is 0.0137. The van der Waals surface area contributed by atoms with Gasteiger partial charge in [-0.05, 0) is 40.2 Å². The van der Waals surface area contributed by atoms with Crippen molar-refractivity contribution < 1.29 is 8.78 Å². The zero-order chi connectivity index (χ0) is 12.4. The van der Waals surface area contributed by atoms with E-state index in [1.807, 2.05) is 0 Å². The first kappa shape index (κ1) is 12.3. The monoisotopic (exact) mass is 318 g/mol. The van der Waals surface area contributed by atoms with Gasteiger partial charge in [0.15, 0.2) is 11.6 Å². The average molecular weight is 320 g/mol. The largest absolute Gasteiger partial charge is 0.338 e. The van der Waals surface area contributed by atoms with Gasteiger partial charge >= 0.3 is 0 Å². The van der Waals surface area contributed by atoms with Crippen molar-refractivity contribution in [1.82, 2.24) is 4.98 Å². The van der Waals surface area contributed by atoms with Crippen LogP contribution >= 0.6 is 27.5 Å². The van der Waals surface area contributed by atoms with Crippen LogP contribution in [0.1, 0.15) is 0 Å². The summed E-state index contributed by atoms with van der Waals surface area (Å²) in [7, 11) is 0. The van der Waals surface area contributed by atoms with E-state index in [9.17, 15) is 8.78 Å². The maximum absolute atomic E-state index is 13.4. The Bertz CT molecular complexity index is 563. The third kappa shape index (κ3) is 2.92. The van der Waals surface area contributed by atoms with E-state index in [4.69, 9.17) is 11.6 Å². The Balaban J connectivity index is 2.28. The molecule has 0 unspecified atom stereocenters. The summed E-state index contributed by atoms with van der Waals surface area (Å²) in [4.78, 5) is 3.84. The Hall–Kier alpha value is -1.20. The number of halogens is 4. The Kier molecular flexibility index (Phi) is 3.59. The highest BCUT2D eigenvalue weighted by molar-refractivity contribution is 9.10. The molecule has 0 bridgehead atoms. The summed E-state index contributed by atoms with van der Waals surface area (Å²) in [5, 5.41) is 2.68. The number of nitrogens with zero attached hydrogens (tertiary/aromatic N) is 1. The smallest absolute Gasteiger partial charge is 0.166 e. The summed E-state index contributed by atoms with van der Waals surface area (Å²) >= 11 is 8.63. The fraction of sp³-hybridized carbons (Fsp3) is 0. The van der Waals surface area contributed by atoms with Crippen LogP contribution in [0.2, 0.25) is 5.02 Å². The van der Waals surface area contributed by atoms with Crippen molar-refractivity contribution in [2.75, 3.05) is 5.32 Å². The predicted octanol–water partition coefficient (Wildman–Crippen LogP) is 4.52. The van der Waals surface area contributed by atoms with Crippen molar-refractivity contribution in [1.29, 1.82) is 0 Å². The molecule has 1 N–H and O–H groups in total. The molecule has 0 saturated carbocycles. The van der Waals surface area contributed by atoms with Gasteiger partial charge in [-0.3, -0.25) is 0 Å². The van der Waals surface area contributed by atoms with Gasteiger partial charge in [-0.1, -0.05) is 11.6 Å². The van der Waals surface area contributed by atoms with Gasteiger partial charge in [0.1, 0.15) is 5.82 Å². The van der Waals surface area contributed by atoms with Crippen LogP contribution in [-0.2, 0) is 0 Å². The van der Waals surface area contributed by atoms with Crippen LogP contribution in [0, 0.1) is 11.6 Å². The molecule has 1 aromatic heterocycles. The van der Waals surface area contributed by atoms with E-state index in [-0.39, 0.29) is 10.8 Å². The first-order chi connectivity index (χ1) is 8.06. The summed E-state index contributed by atoms with van der Waals surface area (Å²) in [6.07, 6.45) is 1.44. The molecule has 88 valence electrons. The Morgan fingerprint density at radius 1 is 1.18 bits per heavy atom. The van der Waals surface area contributed by atoms with Gasteiger partial charge in [-0.25, -0.2) is 13.8 Å². The molecule has 0 spiro atoms. The highest BCUT2D eigenvalue weighted by Crippen LogP contribution is 2.23. The molecule has 0 aliphatic carbocycles. The average Bonchev–Trinajstić information content (AvgIpc) is 2.27. The number of pyridine rings is 1. The lowest BCUT2D eigenvalue weighted by Crippen LogP contribution is -1.97. The fourth-order valence-electron chi connectivity index (χ4n) is 1.22. The lowest BCUT2D eigenvalue weighted by molar-refractivity contribution is 0.623. The molecule has 0 aliphatic heterocycles. The zero-order valence-corrected chi connectivity index (χ0v) is 10.7. The summed E-state index contributed by atoms with van der Waals surface area (Å²) in [5.74, 6) is -1.08. The molecule has 0 fully saturated rings. The maximum atomic E-state index is 13.4. The molecule has 0 atom stereocenters. The zero-order valence-electron chi connectivity index (χ0n) is 8.35. The van der Waals surface area contributed by atoms with E-state index in [1.54, 1.807) is 0 Å². The first-order valence-corrected chi connectivity index (χ1v) is 5.76. The van der Waals surface area contributed by atoms with Crippen molar-refractivity contribution in [3.8, 4) is 0 Å². The van der Waals surface area contributed by atoms with Crippen molar-refractivity contribution in [3.63, 3.8) is 0 Å². The van der Waals surface area contributed by atoms with E-state index in [0.717, 1.165) is 0 Å². The molecule has 2 nitrogen and oxygen atoms in total. The Morgan fingerprint density at radius 3 is 2.59 bits per heavy atom. The molecule has 0 saturated heterocycles. The van der Waals surface area contributed by atoms with Crippen LogP contribution < -0.4 is 5.32 Å². The minimum Gasteiger partial charge on any atom is -0.338 e. The lowest BCUT2D eigenvalue weighted by Gasteiger charge is -2.07. The SMILES string of the molecule is Fc1cc(Nc2ncc(Br)cc2F)ccc1Cl. The standard InChI is InChI=1S/C11H6BrClF2N2/c12-6-3-10(15)11(16-5-6)17-7-1-2-8(13)9(14)4-7/h1-5H,(H,16,17). The van der Waals surface area contributed by atoms with Crippen LogP contribution in [0.15, 0.2) is 34.9 Å². The second-order valence-electron chi connectivity index (χ2n) is 3.24. The highest BCUT2D eigenvalue weighted by Gasteiger charge is 2.06. The quantitative estimate of drug-likeness (QED) is 0.880. The number of hydrogen-bond donors (Lipinski definition) is 1. The van der Waals surface area contributed by atoms with Gasteiger partial charge in [0.2, 0.25) is 0 Å². The maximum Gasteiger partial charge on any atom is 0.166 e. The van der Waals surface area contributed by atoms with Crippen molar-refractivity contribution in [2.24, 2.45) is 0 Å². The molecule has 0 aliphatic rings. The third-order valence-electron chi connectivity index (χ3n) is 1.99. The second kappa shape index (κ2) is 4.98. The van der Waals surface area contributed by atoms with Gasteiger partial charge in [-0.15, -0.1) is 0 Å². The molecule has 1 aromatic carbocycles. The van der Waals surface area contributed by atoms with Crippen LogP contribution in [0.25, 0.3) is 0 Å². The number of rotatable bonds is 2. The number of anilines is 2. The van der Waals surface area contributed by atoms with Crippen LogP contribution in [-0.4, -0.2) is 4.98 Å². The predicted molar refractivity (Wildman–Crippen MR) is 66.6 cm³/mol. The van der Waals surface area contributed by atoms with Crippen LogP contribution in [0.5, 0.6) is 0 Å². The molecule has 0 radical (unpaired) electrons. The number of hydrogen-bond acceptors (Lipinski definition) is 2. The van der Waals surface area contributed by atoms with E-state index in [1.165, 1.54) is 30.5 Å². The van der Waals surface area contributed by atoms with E-state index in [2.05, 4.69) is 26.2 Å². The summed E-state index contributed by atoms with van der Waals surface area (Å²) < 4.78 is 27.1. The molecule has 2 rings (SSSR count). The number of benzene rings is 1. The summed E-state index contributed by atoms with van der Waals surface area (Å²) in [6.45, 7) is 0. The van der Waals surface area contributed by atoms with Crippen molar-refractivity contribution >= 4 is 39.0 Å². The molecule has 2 aromatic rings. The normalized spacial score (nSPS) is 10.4. The fourth-order valence-corrected chi connectivity index (χ4v) is 1.64. The van der Waals surface area contributed by atoms with Crippen LogP contribution in [0.4, 0.5) is 20.3 Å². The molecule has 6 heteroatoms. The van der Waals surface area contributed by atoms with Gasteiger partial charge in [0.25, 0.3) is 0 Å². The molecular weight excluding hydrogens is 313 g/mol. The van der Waals surface area contributed by atoms with Gasteiger partial charge < -0.3 is 5.32 Å². The topological polar surface area (TPSA) is 24.9 Å².